The SMILES string of the molecule is C=CCc1cccc(CN2CCN(c3ccc4oc(OC(=O)O)cc4c3Br)CC2)c1O. The van der Waals surface area contributed by atoms with Crippen LogP contribution in [0.1, 0.15) is 11.1 Å². The van der Waals surface area contributed by atoms with E-state index >= 15 is 0 Å². The Morgan fingerprint density at radius 3 is 2.65 bits per heavy atom. The topological polar surface area (TPSA) is 86.4 Å². The Balaban J connectivity index is 1.45. The molecule has 0 spiro atoms. The second kappa shape index (κ2) is 9.03. The van der Waals surface area contributed by atoms with Gasteiger partial charge in [0.25, 0.3) is 5.95 Å². The van der Waals surface area contributed by atoms with Crippen molar-refractivity contribution in [2.75, 3.05) is 31.1 Å². The summed E-state index contributed by atoms with van der Waals surface area (Å²) in [6.45, 7) is 7.81. The quantitative estimate of drug-likeness (QED) is 0.374. The van der Waals surface area contributed by atoms with E-state index in [2.05, 4.69) is 37.0 Å². The lowest BCUT2D eigenvalue weighted by Gasteiger charge is -2.36. The first-order valence-corrected chi connectivity index (χ1v) is 10.8. The van der Waals surface area contributed by atoms with Gasteiger partial charge in [-0.15, -0.1) is 6.58 Å². The van der Waals surface area contributed by atoms with Crippen molar-refractivity contribution < 1.29 is 24.2 Å². The molecule has 0 unspecified atom stereocenters. The van der Waals surface area contributed by atoms with Crippen LogP contribution >= 0.6 is 15.9 Å². The summed E-state index contributed by atoms with van der Waals surface area (Å²) in [5, 5.41) is 20.1. The Hall–Kier alpha value is -2.97. The van der Waals surface area contributed by atoms with Crippen molar-refractivity contribution in [3.63, 3.8) is 0 Å². The maximum Gasteiger partial charge on any atom is 0.513 e. The van der Waals surface area contributed by atoms with Gasteiger partial charge in [0, 0.05) is 49.7 Å². The summed E-state index contributed by atoms with van der Waals surface area (Å²) >= 11 is 3.64. The van der Waals surface area contributed by atoms with E-state index in [-0.39, 0.29) is 5.95 Å². The maximum absolute atomic E-state index is 10.8. The molecule has 1 aliphatic rings. The van der Waals surface area contributed by atoms with Crippen LogP contribution < -0.4 is 9.64 Å². The molecule has 0 bridgehead atoms. The Labute approximate surface area is 188 Å². The zero-order valence-electron chi connectivity index (χ0n) is 16.9. The number of halogens is 1. The van der Waals surface area contributed by atoms with Crippen LogP contribution in [0.3, 0.4) is 0 Å². The second-order valence-electron chi connectivity index (χ2n) is 7.42. The van der Waals surface area contributed by atoms with Crippen molar-refractivity contribution in [3.05, 3.63) is 64.7 Å². The average Bonchev–Trinajstić information content (AvgIpc) is 3.15. The first-order valence-electron chi connectivity index (χ1n) is 9.97. The molecule has 0 atom stereocenters. The van der Waals surface area contributed by atoms with Crippen LogP contribution in [0.4, 0.5) is 10.5 Å². The first kappa shape index (κ1) is 21.3. The molecule has 1 saturated heterocycles. The van der Waals surface area contributed by atoms with Gasteiger partial charge in [0.2, 0.25) is 0 Å². The van der Waals surface area contributed by atoms with Crippen molar-refractivity contribution in [3.8, 4) is 11.7 Å². The van der Waals surface area contributed by atoms with Crippen LogP contribution in [0.2, 0.25) is 0 Å². The van der Waals surface area contributed by atoms with Gasteiger partial charge in [-0.1, -0.05) is 24.3 Å². The number of carboxylic acid groups (broad SMARTS) is 1. The number of aromatic hydroxyl groups is 1. The molecule has 1 aliphatic heterocycles. The molecule has 1 aromatic heterocycles. The van der Waals surface area contributed by atoms with Crippen LogP contribution in [-0.2, 0) is 13.0 Å². The number of phenolic OH excluding ortho intramolecular Hbond substituents is 1. The number of piperazine rings is 1. The molecule has 2 N–H and O–H groups in total. The predicted molar refractivity (Wildman–Crippen MR) is 122 cm³/mol. The highest BCUT2D eigenvalue weighted by molar-refractivity contribution is 9.10. The van der Waals surface area contributed by atoms with E-state index in [0.717, 1.165) is 52.9 Å². The molecular weight excluding hydrogens is 464 g/mol. The minimum atomic E-state index is -1.41. The summed E-state index contributed by atoms with van der Waals surface area (Å²) in [5.74, 6) is 0.307. The van der Waals surface area contributed by atoms with Gasteiger partial charge in [0.15, 0.2) is 0 Å². The molecule has 0 radical (unpaired) electrons. The molecule has 1 fully saturated rings. The molecule has 2 heterocycles. The van der Waals surface area contributed by atoms with Crippen molar-refractivity contribution in [1.82, 2.24) is 4.90 Å². The molecule has 0 amide bonds. The van der Waals surface area contributed by atoms with Crippen molar-refractivity contribution in [2.24, 2.45) is 0 Å². The fraction of sp³-hybridized carbons (Fsp3) is 0.261. The lowest BCUT2D eigenvalue weighted by atomic mass is 10.1. The molecule has 4 rings (SSSR count). The third-order valence-electron chi connectivity index (χ3n) is 5.45. The highest BCUT2D eigenvalue weighted by atomic mass is 79.9. The van der Waals surface area contributed by atoms with Crippen LogP contribution in [0.15, 0.2) is 57.9 Å². The van der Waals surface area contributed by atoms with E-state index in [9.17, 15) is 9.90 Å². The van der Waals surface area contributed by atoms with Crippen molar-refractivity contribution in [1.29, 1.82) is 0 Å². The van der Waals surface area contributed by atoms with E-state index in [1.165, 1.54) is 0 Å². The van der Waals surface area contributed by atoms with Gasteiger partial charge < -0.3 is 24.3 Å². The fourth-order valence-corrected chi connectivity index (χ4v) is 4.60. The minimum Gasteiger partial charge on any atom is -0.507 e. The Morgan fingerprint density at radius 1 is 1.19 bits per heavy atom. The van der Waals surface area contributed by atoms with Crippen molar-refractivity contribution in [2.45, 2.75) is 13.0 Å². The second-order valence-corrected chi connectivity index (χ2v) is 8.22. The number of phenols is 1. The first-order chi connectivity index (χ1) is 15.0. The number of allylic oxidation sites excluding steroid dienone is 1. The van der Waals surface area contributed by atoms with Gasteiger partial charge >= 0.3 is 6.16 Å². The monoisotopic (exact) mass is 486 g/mol. The molecule has 3 aromatic rings. The van der Waals surface area contributed by atoms with Crippen LogP contribution in [0.5, 0.6) is 11.7 Å². The number of ether oxygens (including phenoxy) is 1. The zero-order chi connectivity index (χ0) is 22.0. The highest BCUT2D eigenvalue weighted by Gasteiger charge is 2.22. The highest BCUT2D eigenvalue weighted by Crippen LogP contribution is 2.38. The summed E-state index contributed by atoms with van der Waals surface area (Å²) in [4.78, 5) is 15.4. The smallest absolute Gasteiger partial charge is 0.507 e. The van der Waals surface area contributed by atoms with Crippen LogP contribution in [0, 0.1) is 0 Å². The number of benzene rings is 2. The maximum atomic E-state index is 10.8. The van der Waals surface area contributed by atoms with E-state index < -0.39 is 6.16 Å². The molecule has 162 valence electrons. The third-order valence-corrected chi connectivity index (χ3v) is 6.29. The summed E-state index contributed by atoms with van der Waals surface area (Å²) in [6, 6.07) is 11.2. The number of hydrogen-bond donors (Lipinski definition) is 2. The van der Waals surface area contributed by atoms with E-state index in [0.29, 0.717) is 24.3 Å². The minimum absolute atomic E-state index is 0.0522. The van der Waals surface area contributed by atoms with E-state index in [4.69, 9.17) is 9.52 Å². The number of anilines is 1. The summed E-state index contributed by atoms with van der Waals surface area (Å²) in [7, 11) is 0. The number of furan rings is 1. The third kappa shape index (κ3) is 4.55. The Kier molecular flexibility index (Phi) is 6.20. The number of nitrogens with zero attached hydrogens (tertiary/aromatic N) is 2. The summed E-state index contributed by atoms with van der Waals surface area (Å²) in [5.41, 5.74) is 3.40. The lowest BCUT2D eigenvalue weighted by Crippen LogP contribution is -2.46. The van der Waals surface area contributed by atoms with Gasteiger partial charge in [0.05, 0.1) is 10.2 Å². The van der Waals surface area contributed by atoms with Gasteiger partial charge in [0.1, 0.15) is 11.3 Å². The van der Waals surface area contributed by atoms with E-state index in [1.807, 2.05) is 30.3 Å². The summed E-state index contributed by atoms with van der Waals surface area (Å²) in [6.07, 6.45) is 1.04. The van der Waals surface area contributed by atoms with Gasteiger partial charge in [-0.25, -0.2) is 4.79 Å². The molecule has 0 saturated carbocycles. The van der Waals surface area contributed by atoms with Gasteiger partial charge in [-0.05, 0) is 40.0 Å². The van der Waals surface area contributed by atoms with Gasteiger partial charge in [-0.3, -0.25) is 4.90 Å². The fourth-order valence-electron chi connectivity index (χ4n) is 3.90. The molecule has 31 heavy (non-hydrogen) atoms. The number of rotatable bonds is 6. The van der Waals surface area contributed by atoms with E-state index in [1.54, 1.807) is 12.1 Å². The molecule has 0 aliphatic carbocycles. The number of fused-ring (bicyclic) bond motifs is 1. The largest absolute Gasteiger partial charge is 0.513 e. The number of hydrogen-bond acceptors (Lipinski definition) is 6. The van der Waals surface area contributed by atoms with Crippen molar-refractivity contribution >= 4 is 38.7 Å². The number of carbonyl (C=O) groups is 1. The normalized spacial score (nSPS) is 14.7. The predicted octanol–water partition coefficient (Wildman–Crippen LogP) is 5.01. The average molecular weight is 487 g/mol. The van der Waals surface area contributed by atoms with Crippen LogP contribution in [-0.4, -0.2) is 47.4 Å². The molecule has 2 aromatic carbocycles. The molecule has 7 nitrogen and oxygen atoms in total. The Morgan fingerprint density at radius 2 is 1.94 bits per heavy atom. The zero-order valence-corrected chi connectivity index (χ0v) is 18.5. The van der Waals surface area contributed by atoms with Gasteiger partial charge in [-0.2, -0.15) is 0 Å². The standard InChI is InChI=1S/C23H23BrN2O5/c1-2-4-15-5-3-6-16(22(15)27)14-25-9-11-26(12-10-25)18-7-8-19-17(21(18)24)13-20(30-19)31-23(28)29/h2-3,5-8,13,27H,1,4,9-12,14H2,(H,28,29). The number of para-hydroxylation sites is 1. The summed E-state index contributed by atoms with van der Waals surface area (Å²) < 4.78 is 10.9. The molecule has 8 heteroatoms. The molecular formula is C23H23BrN2O5. The lowest BCUT2D eigenvalue weighted by molar-refractivity contribution is 0.134. The Bertz CT molecular complexity index is 1120. The van der Waals surface area contributed by atoms with Crippen LogP contribution in [0.25, 0.3) is 11.0 Å².